The summed E-state index contributed by atoms with van der Waals surface area (Å²) in [5.74, 6) is 1.60. The number of carbonyl (C=O) groups excluding carboxylic acids is 1. The lowest BCUT2D eigenvalue weighted by atomic mass is 9.93. The summed E-state index contributed by atoms with van der Waals surface area (Å²) < 4.78 is 15.8. The van der Waals surface area contributed by atoms with Gasteiger partial charge in [-0.2, -0.15) is 0 Å². The van der Waals surface area contributed by atoms with Crippen LogP contribution >= 0.6 is 0 Å². The number of benzene rings is 1. The second-order valence-electron chi connectivity index (χ2n) is 4.88. The summed E-state index contributed by atoms with van der Waals surface area (Å²) >= 11 is 0. The smallest absolute Gasteiger partial charge is 0.227 e. The highest BCUT2D eigenvalue weighted by Gasteiger charge is 2.20. The van der Waals surface area contributed by atoms with Crippen LogP contribution in [0.3, 0.4) is 0 Å². The molecule has 0 spiro atoms. The van der Waals surface area contributed by atoms with E-state index in [1.165, 1.54) is 0 Å². The predicted octanol–water partition coefficient (Wildman–Crippen LogP) is 3.01. The van der Waals surface area contributed by atoms with Crippen LogP contribution in [0.15, 0.2) is 24.3 Å². The standard InChI is InChI=1S/C16H21NO4/c1-19-13-9-12(10-14(20-2)15(13)21-3)17-16(18)11-7-5-4-6-8-11/h4-5,9-11H,6-8H2,1-3H3,(H,17,18)/t11-/m0/s1. The molecule has 1 amide bonds. The maximum Gasteiger partial charge on any atom is 0.227 e. The van der Waals surface area contributed by atoms with Crippen molar-refractivity contribution in [3.05, 3.63) is 24.3 Å². The van der Waals surface area contributed by atoms with Crippen LogP contribution in [0.25, 0.3) is 0 Å². The molecule has 5 heteroatoms. The molecule has 1 atom stereocenters. The van der Waals surface area contributed by atoms with Gasteiger partial charge in [0.15, 0.2) is 11.5 Å². The lowest BCUT2D eigenvalue weighted by Gasteiger charge is -2.19. The van der Waals surface area contributed by atoms with Gasteiger partial charge in [0.1, 0.15) is 0 Å². The van der Waals surface area contributed by atoms with E-state index in [1.807, 2.05) is 0 Å². The Labute approximate surface area is 124 Å². The van der Waals surface area contributed by atoms with Crippen molar-refractivity contribution in [2.45, 2.75) is 19.3 Å². The van der Waals surface area contributed by atoms with E-state index in [-0.39, 0.29) is 11.8 Å². The van der Waals surface area contributed by atoms with Crippen LogP contribution in [0.2, 0.25) is 0 Å². The number of methoxy groups -OCH3 is 3. The minimum absolute atomic E-state index is 0.0219. The molecule has 0 bridgehead atoms. The van der Waals surface area contributed by atoms with Crippen LogP contribution in [-0.4, -0.2) is 27.2 Å². The predicted molar refractivity (Wildman–Crippen MR) is 81.2 cm³/mol. The van der Waals surface area contributed by atoms with E-state index in [1.54, 1.807) is 33.5 Å². The minimum Gasteiger partial charge on any atom is -0.493 e. The van der Waals surface area contributed by atoms with E-state index in [4.69, 9.17) is 14.2 Å². The van der Waals surface area contributed by atoms with Gasteiger partial charge in [-0.1, -0.05) is 12.2 Å². The van der Waals surface area contributed by atoms with Gasteiger partial charge >= 0.3 is 0 Å². The molecule has 0 radical (unpaired) electrons. The molecule has 1 N–H and O–H groups in total. The van der Waals surface area contributed by atoms with Crippen molar-refractivity contribution in [1.29, 1.82) is 0 Å². The zero-order valence-corrected chi connectivity index (χ0v) is 12.6. The molecule has 0 heterocycles. The molecule has 1 aromatic rings. The fourth-order valence-electron chi connectivity index (χ4n) is 2.43. The Morgan fingerprint density at radius 1 is 1.10 bits per heavy atom. The summed E-state index contributed by atoms with van der Waals surface area (Å²) in [4.78, 5) is 12.3. The molecular formula is C16H21NO4. The number of amides is 1. The van der Waals surface area contributed by atoms with E-state index in [0.717, 1.165) is 19.3 Å². The SMILES string of the molecule is COc1cc(NC(=O)[C@H]2CC=CCC2)cc(OC)c1OC. The van der Waals surface area contributed by atoms with Crippen LogP contribution < -0.4 is 19.5 Å². The summed E-state index contributed by atoms with van der Waals surface area (Å²) in [6, 6.07) is 3.47. The lowest BCUT2D eigenvalue weighted by Crippen LogP contribution is -2.23. The highest BCUT2D eigenvalue weighted by molar-refractivity contribution is 5.93. The Morgan fingerprint density at radius 2 is 1.76 bits per heavy atom. The molecule has 114 valence electrons. The van der Waals surface area contributed by atoms with Gasteiger partial charge in [0, 0.05) is 23.7 Å². The monoisotopic (exact) mass is 291 g/mol. The normalized spacial score (nSPS) is 17.2. The molecule has 1 aliphatic carbocycles. The molecular weight excluding hydrogens is 270 g/mol. The molecule has 0 saturated carbocycles. The first-order valence-corrected chi connectivity index (χ1v) is 6.95. The Hall–Kier alpha value is -2.17. The highest BCUT2D eigenvalue weighted by Crippen LogP contribution is 2.40. The zero-order chi connectivity index (χ0) is 15.2. The number of carbonyl (C=O) groups is 1. The van der Waals surface area contributed by atoms with Gasteiger partial charge in [0.05, 0.1) is 21.3 Å². The van der Waals surface area contributed by atoms with Crippen molar-refractivity contribution in [3.8, 4) is 17.2 Å². The Kier molecular flexibility index (Phi) is 5.09. The average Bonchev–Trinajstić information content (AvgIpc) is 2.54. The van der Waals surface area contributed by atoms with Crippen molar-refractivity contribution < 1.29 is 19.0 Å². The molecule has 21 heavy (non-hydrogen) atoms. The highest BCUT2D eigenvalue weighted by atomic mass is 16.5. The molecule has 0 unspecified atom stereocenters. The third-order valence-corrected chi connectivity index (χ3v) is 3.57. The third kappa shape index (κ3) is 3.48. The summed E-state index contributed by atoms with van der Waals surface area (Å²) in [5.41, 5.74) is 0.643. The summed E-state index contributed by atoms with van der Waals surface area (Å²) in [7, 11) is 4.65. The maximum absolute atomic E-state index is 12.3. The summed E-state index contributed by atoms with van der Waals surface area (Å²) in [5, 5.41) is 2.92. The quantitative estimate of drug-likeness (QED) is 0.847. The Balaban J connectivity index is 2.19. The van der Waals surface area contributed by atoms with Gasteiger partial charge in [-0.05, 0) is 19.3 Å². The van der Waals surface area contributed by atoms with E-state index < -0.39 is 0 Å². The second-order valence-corrected chi connectivity index (χ2v) is 4.88. The van der Waals surface area contributed by atoms with Crippen molar-refractivity contribution in [3.63, 3.8) is 0 Å². The molecule has 2 rings (SSSR count). The van der Waals surface area contributed by atoms with E-state index in [0.29, 0.717) is 22.9 Å². The first kappa shape index (κ1) is 15.2. The first-order chi connectivity index (χ1) is 10.2. The average molecular weight is 291 g/mol. The zero-order valence-electron chi connectivity index (χ0n) is 12.6. The van der Waals surface area contributed by atoms with Crippen LogP contribution in [0, 0.1) is 5.92 Å². The Morgan fingerprint density at radius 3 is 2.24 bits per heavy atom. The number of allylic oxidation sites excluding steroid dienone is 2. The second kappa shape index (κ2) is 7.02. The van der Waals surface area contributed by atoms with Gasteiger partial charge in [-0.15, -0.1) is 0 Å². The molecule has 5 nitrogen and oxygen atoms in total. The third-order valence-electron chi connectivity index (χ3n) is 3.57. The van der Waals surface area contributed by atoms with Crippen molar-refractivity contribution in [2.75, 3.05) is 26.6 Å². The van der Waals surface area contributed by atoms with Crippen molar-refractivity contribution >= 4 is 11.6 Å². The number of anilines is 1. The van der Waals surface area contributed by atoms with Gasteiger partial charge in [0.2, 0.25) is 11.7 Å². The number of hydrogen-bond donors (Lipinski definition) is 1. The van der Waals surface area contributed by atoms with E-state index >= 15 is 0 Å². The van der Waals surface area contributed by atoms with Gasteiger partial charge in [-0.3, -0.25) is 4.79 Å². The van der Waals surface area contributed by atoms with Gasteiger partial charge < -0.3 is 19.5 Å². The summed E-state index contributed by atoms with van der Waals surface area (Å²) in [6.07, 6.45) is 6.79. The molecule has 0 aromatic heterocycles. The van der Waals surface area contributed by atoms with E-state index in [2.05, 4.69) is 17.5 Å². The maximum atomic E-state index is 12.3. The largest absolute Gasteiger partial charge is 0.493 e. The van der Waals surface area contributed by atoms with Crippen LogP contribution in [-0.2, 0) is 4.79 Å². The molecule has 1 aliphatic rings. The summed E-state index contributed by atoms with van der Waals surface area (Å²) in [6.45, 7) is 0. The van der Waals surface area contributed by atoms with Crippen LogP contribution in [0.5, 0.6) is 17.2 Å². The van der Waals surface area contributed by atoms with Crippen LogP contribution in [0.4, 0.5) is 5.69 Å². The fraction of sp³-hybridized carbons (Fsp3) is 0.438. The van der Waals surface area contributed by atoms with Crippen molar-refractivity contribution in [2.24, 2.45) is 5.92 Å². The number of rotatable bonds is 5. The number of nitrogens with one attached hydrogen (secondary N) is 1. The van der Waals surface area contributed by atoms with Crippen molar-refractivity contribution in [1.82, 2.24) is 0 Å². The van der Waals surface area contributed by atoms with Gasteiger partial charge in [0.25, 0.3) is 0 Å². The molecule has 1 aromatic carbocycles. The topological polar surface area (TPSA) is 56.8 Å². The molecule has 0 aliphatic heterocycles. The first-order valence-electron chi connectivity index (χ1n) is 6.95. The molecule has 0 saturated heterocycles. The lowest BCUT2D eigenvalue weighted by molar-refractivity contribution is -0.120. The number of hydrogen-bond acceptors (Lipinski definition) is 4. The Bertz CT molecular complexity index is 514. The van der Waals surface area contributed by atoms with Gasteiger partial charge in [-0.25, -0.2) is 0 Å². The van der Waals surface area contributed by atoms with Crippen LogP contribution in [0.1, 0.15) is 19.3 Å². The minimum atomic E-state index is 0.0219. The fourth-order valence-corrected chi connectivity index (χ4v) is 2.43. The number of ether oxygens (including phenoxy) is 3. The molecule has 0 fully saturated rings. The van der Waals surface area contributed by atoms with E-state index in [9.17, 15) is 4.79 Å².